The monoisotopic (exact) mass is 357 g/mol. The van der Waals surface area contributed by atoms with Crippen molar-refractivity contribution in [1.29, 1.82) is 0 Å². The SMILES string of the molecule is CCCN(CCSc1cc(Cl)ccc1Cl)CC(=O)O.Cl. The van der Waals surface area contributed by atoms with Crippen molar-refractivity contribution >= 4 is 53.3 Å². The van der Waals surface area contributed by atoms with Crippen LogP contribution in [0.4, 0.5) is 0 Å². The van der Waals surface area contributed by atoms with Gasteiger partial charge in [0, 0.05) is 22.2 Å². The summed E-state index contributed by atoms with van der Waals surface area (Å²) in [5.74, 6) is -0.00731. The summed E-state index contributed by atoms with van der Waals surface area (Å²) in [6.07, 6.45) is 0.940. The molecular formula is C13H18Cl3NO2S. The second-order valence-electron chi connectivity index (χ2n) is 4.09. The number of hydrogen-bond acceptors (Lipinski definition) is 3. The van der Waals surface area contributed by atoms with Gasteiger partial charge in [0.1, 0.15) is 0 Å². The first kappa shape index (κ1) is 19.9. The fraction of sp³-hybridized carbons (Fsp3) is 0.462. The van der Waals surface area contributed by atoms with Gasteiger partial charge in [0.15, 0.2) is 0 Å². The normalized spacial score (nSPS) is 10.4. The molecule has 1 rings (SSSR count). The number of carboxylic acid groups (broad SMARTS) is 1. The smallest absolute Gasteiger partial charge is 0.317 e. The van der Waals surface area contributed by atoms with E-state index in [1.165, 1.54) is 0 Å². The molecule has 0 aliphatic carbocycles. The Bertz CT molecular complexity index is 432. The van der Waals surface area contributed by atoms with Crippen molar-refractivity contribution in [2.45, 2.75) is 18.2 Å². The summed E-state index contributed by atoms with van der Waals surface area (Å²) in [6, 6.07) is 5.35. The molecule has 0 aliphatic rings. The minimum absolute atomic E-state index is 0. The molecule has 20 heavy (non-hydrogen) atoms. The number of rotatable bonds is 8. The van der Waals surface area contributed by atoms with Crippen LogP contribution in [0.2, 0.25) is 10.0 Å². The number of carboxylic acids is 1. The van der Waals surface area contributed by atoms with Gasteiger partial charge in [0.2, 0.25) is 0 Å². The first-order valence-electron chi connectivity index (χ1n) is 6.05. The molecule has 1 aromatic carbocycles. The average Bonchev–Trinajstić information content (AvgIpc) is 2.33. The van der Waals surface area contributed by atoms with E-state index >= 15 is 0 Å². The van der Waals surface area contributed by atoms with Gasteiger partial charge in [-0.25, -0.2) is 0 Å². The summed E-state index contributed by atoms with van der Waals surface area (Å²) < 4.78 is 0. The number of aliphatic carboxylic acids is 1. The lowest BCUT2D eigenvalue weighted by molar-refractivity contribution is -0.138. The Labute approximate surface area is 140 Å². The van der Waals surface area contributed by atoms with Crippen LogP contribution in [-0.4, -0.2) is 41.4 Å². The van der Waals surface area contributed by atoms with Gasteiger partial charge >= 0.3 is 5.97 Å². The molecule has 0 spiro atoms. The third-order valence-corrected chi connectivity index (χ3v) is 4.17. The summed E-state index contributed by atoms with van der Waals surface area (Å²) in [4.78, 5) is 13.6. The predicted octanol–water partition coefficient (Wildman–Crippen LogP) is 4.30. The van der Waals surface area contributed by atoms with E-state index in [-0.39, 0.29) is 19.0 Å². The predicted molar refractivity (Wildman–Crippen MR) is 88.8 cm³/mol. The molecule has 0 unspecified atom stereocenters. The Morgan fingerprint density at radius 1 is 1.35 bits per heavy atom. The Hall–Kier alpha value is -0.130. The minimum Gasteiger partial charge on any atom is -0.480 e. The third kappa shape index (κ3) is 7.60. The first-order chi connectivity index (χ1) is 9.02. The largest absolute Gasteiger partial charge is 0.480 e. The van der Waals surface area contributed by atoms with Crippen molar-refractivity contribution in [2.75, 3.05) is 25.4 Å². The van der Waals surface area contributed by atoms with Crippen LogP contribution in [0.5, 0.6) is 0 Å². The Morgan fingerprint density at radius 3 is 2.65 bits per heavy atom. The van der Waals surface area contributed by atoms with Gasteiger partial charge in [0.05, 0.1) is 11.6 Å². The molecule has 3 nitrogen and oxygen atoms in total. The Morgan fingerprint density at radius 2 is 2.05 bits per heavy atom. The van der Waals surface area contributed by atoms with Crippen LogP contribution in [-0.2, 0) is 4.79 Å². The van der Waals surface area contributed by atoms with Crippen LogP contribution in [0.3, 0.4) is 0 Å². The van der Waals surface area contributed by atoms with E-state index in [1.807, 2.05) is 17.9 Å². The zero-order chi connectivity index (χ0) is 14.3. The molecule has 0 saturated carbocycles. The Kier molecular flexibility index (Phi) is 10.5. The van der Waals surface area contributed by atoms with Gasteiger partial charge in [-0.05, 0) is 31.2 Å². The zero-order valence-corrected chi connectivity index (χ0v) is 14.3. The van der Waals surface area contributed by atoms with Crippen LogP contribution < -0.4 is 0 Å². The Balaban J connectivity index is 0.00000361. The highest BCUT2D eigenvalue weighted by Gasteiger charge is 2.09. The topological polar surface area (TPSA) is 40.5 Å². The van der Waals surface area contributed by atoms with E-state index in [2.05, 4.69) is 0 Å². The molecule has 0 aromatic heterocycles. The molecule has 0 heterocycles. The van der Waals surface area contributed by atoms with Gasteiger partial charge in [0.25, 0.3) is 0 Å². The summed E-state index contributed by atoms with van der Waals surface area (Å²) in [5, 5.41) is 10.2. The molecule has 0 aliphatic heterocycles. The molecule has 0 amide bonds. The van der Waals surface area contributed by atoms with E-state index < -0.39 is 5.97 Å². The van der Waals surface area contributed by atoms with Gasteiger partial charge in [-0.1, -0.05) is 30.1 Å². The van der Waals surface area contributed by atoms with Crippen LogP contribution >= 0.6 is 47.4 Å². The summed E-state index contributed by atoms with van der Waals surface area (Å²) in [7, 11) is 0. The molecule has 114 valence electrons. The van der Waals surface area contributed by atoms with E-state index in [1.54, 1.807) is 23.9 Å². The van der Waals surface area contributed by atoms with Crippen molar-refractivity contribution in [1.82, 2.24) is 4.90 Å². The van der Waals surface area contributed by atoms with Crippen molar-refractivity contribution in [3.05, 3.63) is 28.2 Å². The number of nitrogens with zero attached hydrogens (tertiary/aromatic N) is 1. The van der Waals surface area contributed by atoms with Gasteiger partial charge in [-0.15, -0.1) is 24.2 Å². The molecular weight excluding hydrogens is 341 g/mol. The maximum absolute atomic E-state index is 10.7. The number of halogens is 3. The van der Waals surface area contributed by atoms with E-state index in [9.17, 15) is 4.79 Å². The summed E-state index contributed by atoms with van der Waals surface area (Å²) in [5.41, 5.74) is 0. The van der Waals surface area contributed by atoms with Gasteiger partial charge in [-0.2, -0.15) is 0 Å². The van der Waals surface area contributed by atoms with Gasteiger partial charge in [-0.3, -0.25) is 9.69 Å². The molecule has 1 aromatic rings. The highest BCUT2D eigenvalue weighted by molar-refractivity contribution is 7.99. The van der Waals surface area contributed by atoms with E-state index in [0.717, 1.165) is 23.6 Å². The van der Waals surface area contributed by atoms with Crippen molar-refractivity contribution in [2.24, 2.45) is 0 Å². The molecule has 0 radical (unpaired) electrons. The lowest BCUT2D eigenvalue weighted by Crippen LogP contribution is -2.32. The average molecular weight is 359 g/mol. The van der Waals surface area contributed by atoms with Crippen molar-refractivity contribution in [3.63, 3.8) is 0 Å². The quantitative estimate of drug-likeness (QED) is 0.703. The van der Waals surface area contributed by atoms with Crippen LogP contribution in [0.25, 0.3) is 0 Å². The fourth-order valence-corrected chi connectivity index (χ4v) is 3.15. The molecule has 0 bridgehead atoms. The lowest BCUT2D eigenvalue weighted by atomic mass is 10.4. The van der Waals surface area contributed by atoms with E-state index in [0.29, 0.717) is 16.6 Å². The van der Waals surface area contributed by atoms with Crippen LogP contribution in [0, 0.1) is 0 Å². The second kappa shape index (κ2) is 10.6. The maximum atomic E-state index is 10.7. The van der Waals surface area contributed by atoms with Crippen LogP contribution in [0.15, 0.2) is 23.1 Å². The third-order valence-electron chi connectivity index (χ3n) is 2.46. The lowest BCUT2D eigenvalue weighted by Gasteiger charge is -2.19. The molecule has 0 saturated heterocycles. The number of carbonyl (C=O) groups is 1. The second-order valence-corrected chi connectivity index (χ2v) is 6.07. The maximum Gasteiger partial charge on any atom is 0.317 e. The molecule has 0 fully saturated rings. The first-order valence-corrected chi connectivity index (χ1v) is 7.79. The minimum atomic E-state index is -0.792. The molecule has 0 atom stereocenters. The highest BCUT2D eigenvalue weighted by Crippen LogP contribution is 2.29. The highest BCUT2D eigenvalue weighted by atomic mass is 35.5. The number of benzene rings is 1. The summed E-state index contributed by atoms with van der Waals surface area (Å²) >= 11 is 13.6. The fourth-order valence-electron chi connectivity index (χ4n) is 1.65. The van der Waals surface area contributed by atoms with Crippen LogP contribution in [0.1, 0.15) is 13.3 Å². The van der Waals surface area contributed by atoms with Crippen molar-refractivity contribution < 1.29 is 9.90 Å². The number of hydrogen-bond donors (Lipinski definition) is 1. The summed E-state index contributed by atoms with van der Waals surface area (Å²) in [6.45, 7) is 3.62. The standard InChI is InChI=1S/C13H17Cl2NO2S.ClH/c1-2-5-16(9-13(17)18)6-7-19-12-8-10(14)3-4-11(12)15;/h3-4,8H,2,5-7,9H2,1H3,(H,17,18);1H. The van der Waals surface area contributed by atoms with E-state index in [4.69, 9.17) is 28.3 Å². The molecule has 7 heteroatoms. The van der Waals surface area contributed by atoms with Gasteiger partial charge < -0.3 is 5.11 Å². The van der Waals surface area contributed by atoms with Crippen molar-refractivity contribution in [3.8, 4) is 0 Å². The zero-order valence-electron chi connectivity index (χ0n) is 11.1. The molecule has 1 N–H and O–H groups in total. The number of thioether (sulfide) groups is 1.